The summed E-state index contributed by atoms with van der Waals surface area (Å²) < 4.78 is 36.3. The molecule has 1 aromatic heterocycles. The van der Waals surface area contributed by atoms with Crippen LogP contribution in [-0.4, -0.2) is 27.6 Å². The van der Waals surface area contributed by atoms with Gasteiger partial charge in [0.25, 0.3) is 0 Å². The lowest BCUT2D eigenvalue weighted by molar-refractivity contribution is -0.286. The van der Waals surface area contributed by atoms with Crippen LogP contribution in [0.4, 0.5) is 8.78 Å². The van der Waals surface area contributed by atoms with Crippen LogP contribution in [0.15, 0.2) is 41.6 Å². The first-order valence-corrected chi connectivity index (χ1v) is 10.1. The predicted octanol–water partition coefficient (Wildman–Crippen LogP) is 5.80. The molecule has 0 amide bonds. The Labute approximate surface area is 183 Å². The van der Waals surface area contributed by atoms with E-state index in [1.54, 1.807) is 12.1 Å². The highest BCUT2D eigenvalue weighted by Gasteiger charge is 2.44. The predicted molar refractivity (Wildman–Crippen MR) is 113 cm³/mol. The van der Waals surface area contributed by atoms with E-state index in [0.29, 0.717) is 17.0 Å². The van der Waals surface area contributed by atoms with Crippen LogP contribution >= 0.6 is 12.4 Å². The normalized spacial score (nSPS) is 20.4. The minimum Gasteiger partial charge on any atom is -0.395 e. The van der Waals surface area contributed by atoms with Crippen LogP contribution in [0.25, 0.3) is 22.2 Å². The summed E-state index contributed by atoms with van der Waals surface area (Å²) in [5, 5.41) is 4.32. The van der Waals surface area contributed by atoms with E-state index < -0.39 is 6.29 Å². The molecular formula is C22H20ClF2N3O3. The van der Waals surface area contributed by atoms with Gasteiger partial charge < -0.3 is 19.3 Å². The van der Waals surface area contributed by atoms with Crippen molar-refractivity contribution in [2.45, 2.75) is 50.4 Å². The number of fused-ring (bicyclic) bond motifs is 2. The molecule has 0 atom stereocenters. The number of imidazole rings is 1. The molecule has 9 heteroatoms. The van der Waals surface area contributed by atoms with Crippen LogP contribution in [0.3, 0.4) is 0 Å². The lowest BCUT2D eigenvalue weighted by Crippen LogP contribution is -2.31. The van der Waals surface area contributed by atoms with E-state index in [1.165, 1.54) is 25.3 Å². The summed E-state index contributed by atoms with van der Waals surface area (Å²) in [5.41, 5.74) is 3.46. The summed E-state index contributed by atoms with van der Waals surface area (Å²) in [6.45, 7) is 0. The van der Waals surface area contributed by atoms with Gasteiger partial charge in [-0.05, 0) is 49.4 Å². The largest absolute Gasteiger partial charge is 0.586 e. The zero-order valence-electron chi connectivity index (χ0n) is 16.5. The molecule has 6 rings (SSSR count). The van der Waals surface area contributed by atoms with Crippen molar-refractivity contribution in [3.63, 3.8) is 0 Å². The molecule has 1 N–H and O–H groups in total. The zero-order chi connectivity index (χ0) is 20.3. The smallest absolute Gasteiger partial charge is 0.395 e. The number of rotatable bonds is 2. The van der Waals surface area contributed by atoms with Crippen LogP contribution in [0.1, 0.15) is 44.3 Å². The van der Waals surface area contributed by atoms with E-state index in [1.807, 2.05) is 18.2 Å². The Kier molecular flexibility index (Phi) is 4.58. The minimum atomic E-state index is -3.66. The number of H-pyrrole nitrogens is 1. The highest BCUT2D eigenvalue weighted by Crippen LogP contribution is 2.47. The van der Waals surface area contributed by atoms with Crippen molar-refractivity contribution in [1.29, 1.82) is 0 Å². The maximum Gasteiger partial charge on any atom is 0.586 e. The van der Waals surface area contributed by atoms with Crippen molar-refractivity contribution in [3.05, 3.63) is 42.2 Å². The Morgan fingerprint density at radius 3 is 2.68 bits per heavy atom. The number of hydrogen-bond acceptors (Lipinski definition) is 5. The highest BCUT2D eigenvalue weighted by molar-refractivity contribution is 6.01. The van der Waals surface area contributed by atoms with Crippen molar-refractivity contribution >= 4 is 29.2 Å². The van der Waals surface area contributed by atoms with Crippen LogP contribution in [-0.2, 0) is 4.84 Å². The number of hydrogen-bond donors (Lipinski definition) is 1. The molecule has 0 unspecified atom stereocenters. The van der Waals surface area contributed by atoms with E-state index in [0.717, 1.165) is 36.0 Å². The van der Waals surface area contributed by atoms with Gasteiger partial charge in [0, 0.05) is 12.0 Å². The summed E-state index contributed by atoms with van der Waals surface area (Å²) in [6.07, 6.45) is 2.73. The van der Waals surface area contributed by atoms with E-state index in [9.17, 15) is 8.78 Å². The molecule has 0 saturated heterocycles. The molecule has 1 spiro atoms. The average molecular weight is 448 g/mol. The Hall–Kier alpha value is -2.87. The van der Waals surface area contributed by atoms with Gasteiger partial charge in [-0.1, -0.05) is 29.8 Å². The summed E-state index contributed by atoms with van der Waals surface area (Å²) in [5.74, 6) is 0.745. The first-order chi connectivity index (χ1) is 14.5. The third-order valence-corrected chi connectivity index (χ3v) is 6.10. The molecular weight excluding hydrogens is 428 g/mol. The molecule has 162 valence electrons. The number of nitrogens with zero attached hydrogens (tertiary/aromatic N) is 2. The van der Waals surface area contributed by atoms with Crippen molar-refractivity contribution in [1.82, 2.24) is 9.97 Å². The fourth-order valence-corrected chi connectivity index (χ4v) is 4.62. The molecule has 3 heterocycles. The second kappa shape index (κ2) is 7.09. The van der Waals surface area contributed by atoms with Gasteiger partial charge >= 0.3 is 6.29 Å². The Bertz CT molecular complexity index is 1190. The molecule has 0 bridgehead atoms. The molecule has 31 heavy (non-hydrogen) atoms. The second-order valence-corrected chi connectivity index (χ2v) is 8.17. The minimum absolute atomic E-state index is 0. The average Bonchev–Trinajstić information content (AvgIpc) is 3.41. The number of benzene rings is 2. The number of alkyl halides is 2. The Balaban J connectivity index is 0.00000204. The molecule has 3 aromatic rings. The maximum absolute atomic E-state index is 13.5. The van der Waals surface area contributed by atoms with Crippen molar-refractivity contribution in [2.24, 2.45) is 5.16 Å². The molecule has 3 aliphatic rings. The Morgan fingerprint density at radius 1 is 1.00 bits per heavy atom. The molecule has 2 aliphatic heterocycles. The second-order valence-electron chi connectivity index (χ2n) is 8.17. The molecule has 0 radical (unpaired) electrons. The van der Waals surface area contributed by atoms with Gasteiger partial charge in [0.15, 0.2) is 17.3 Å². The first-order valence-electron chi connectivity index (χ1n) is 10.1. The van der Waals surface area contributed by atoms with Gasteiger partial charge in [0.1, 0.15) is 11.3 Å². The quantitative estimate of drug-likeness (QED) is 0.539. The third-order valence-electron chi connectivity index (χ3n) is 6.10. The zero-order valence-corrected chi connectivity index (χ0v) is 17.3. The van der Waals surface area contributed by atoms with E-state index in [4.69, 9.17) is 14.6 Å². The molecule has 1 saturated carbocycles. The van der Waals surface area contributed by atoms with E-state index >= 15 is 0 Å². The fraction of sp³-hybridized carbons (Fsp3) is 0.364. The van der Waals surface area contributed by atoms with Crippen molar-refractivity contribution in [3.8, 4) is 22.6 Å². The number of oxime groups is 1. The topological polar surface area (TPSA) is 68.7 Å². The molecule has 1 fully saturated rings. The SMILES string of the molecule is Cl.FC1(F)Oc2cccc(-c3ccc4[nH]c(C5=NOC6(CCCCC6)C5)nc4c3)c2O1. The maximum atomic E-state index is 13.5. The summed E-state index contributed by atoms with van der Waals surface area (Å²) in [7, 11) is 0. The van der Waals surface area contributed by atoms with Crippen LogP contribution in [0.2, 0.25) is 0 Å². The van der Waals surface area contributed by atoms with Crippen LogP contribution < -0.4 is 9.47 Å². The fourth-order valence-electron chi connectivity index (χ4n) is 4.62. The summed E-state index contributed by atoms with van der Waals surface area (Å²) in [4.78, 5) is 13.8. The van der Waals surface area contributed by atoms with Gasteiger partial charge in [0.2, 0.25) is 0 Å². The van der Waals surface area contributed by atoms with E-state index in [2.05, 4.69) is 14.9 Å². The number of para-hydroxylation sites is 1. The van der Waals surface area contributed by atoms with Gasteiger partial charge in [-0.3, -0.25) is 0 Å². The number of aromatic amines is 1. The monoisotopic (exact) mass is 447 g/mol. The molecule has 2 aromatic carbocycles. The van der Waals surface area contributed by atoms with Crippen molar-refractivity contribution < 1.29 is 23.1 Å². The number of halogens is 3. The van der Waals surface area contributed by atoms with Gasteiger partial charge in [-0.2, -0.15) is 0 Å². The van der Waals surface area contributed by atoms with Gasteiger partial charge in [-0.15, -0.1) is 21.2 Å². The standard InChI is InChI=1S/C22H19F2N3O3.ClH/c23-22(24)28-18-6-4-5-14(19(18)29-22)13-7-8-15-16(11-13)26-20(25-15)17-12-21(30-27-17)9-2-1-3-10-21;/h4-8,11H,1-3,9-10,12H2,(H,25,26);1H. The van der Waals surface area contributed by atoms with E-state index in [-0.39, 0.29) is 29.5 Å². The lowest BCUT2D eigenvalue weighted by atomic mass is 9.81. The highest BCUT2D eigenvalue weighted by atomic mass is 35.5. The number of nitrogens with one attached hydrogen (secondary N) is 1. The summed E-state index contributed by atoms with van der Waals surface area (Å²) >= 11 is 0. The number of ether oxygens (including phenoxy) is 2. The number of aromatic nitrogens is 2. The van der Waals surface area contributed by atoms with Gasteiger partial charge in [-0.25, -0.2) is 4.98 Å². The van der Waals surface area contributed by atoms with Crippen LogP contribution in [0, 0.1) is 0 Å². The van der Waals surface area contributed by atoms with Crippen LogP contribution in [0.5, 0.6) is 11.5 Å². The summed E-state index contributed by atoms with van der Waals surface area (Å²) in [6, 6.07) is 10.4. The lowest BCUT2D eigenvalue weighted by Gasteiger charge is -2.30. The molecule has 1 aliphatic carbocycles. The third kappa shape index (κ3) is 3.39. The molecule has 6 nitrogen and oxygen atoms in total. The van der Waals surface area contributed by atoms with Crippen molar-refractivity contribution in [2.75, 3.05) is 0 Å². The van der Waals surface area contributed by atoms with Gasteiger partial charge in [0.05, 0.1) is 11.0 Å². The Morgan fingerprint density at radius 2 is 1.84 bits per heavy atom. The first kappa shape index (κ1) is 20.1.